The first-order chi connectivity index (χ1) is 25.6. The molecular formula is C35H31ClN6O11. The highest BCUT2D eigenvalue weighted by Gasteiger charge is 2.28. The second-order valence-corrected chi connectivity index (χ2v) is 10.9. The van der Waals surface area contributed by atoms with Crippen LogP contribution in [0.1, 0.15) is 45.7 Å². The van der Waals surface area contributed by atoms with Gasteiger partial charge in [-0.25, -0.2) is 29.5 Å². The lowest BCUT2D eigenvalue weighted by Gasteiger charge is -2.15. The number of esters is 2. The minimum absolute atomic E-state index is 0.0138. The molecule has 0 saturated carbocycles. The molecule has 0 aliphatic heterocycles. The highest BCUT2D eigenvalue weighted by Crippen LogP contribution is 2.32. The van der Waals surface area contributed by atoms with Crippen LogP contribution < -0.4 is 25.5 Å². The normalized spacial score (nSPS) is 10.6. The molecule has 6 rings (SSSR count). The minimum Gasteiger partial charge on any atom is -0.506 e. The Morgan fingerprint density at radius 3 is 1.57 bits per heavy atom. The number of halogens is 1. The van der Waals surface area contributed by atoms with Crippen LogP contribution in [-0.4, -0.2) is 71.9 Å². The number of hydrogen-bond acceptors (Lipinski definition) is 15. The number of rotatable bonds is 11. The summed E-state index contributed by atoms with van der Waals surface area (Å²) < 4.78 is 16.5. The lowest BCUT2D eigenvalue weighted by Crippen LogP contribution is -2.33. The molecule has 0 aliphatic carbocycles. The van der Waals surface area contributed by atoms with Gasteiger partial charge in [0.2, 0.25) is 5.88 Å². The average molecular weight is 747 g/mol. The summed E-state index contributed by atoms with van der Waals surface area (Å²) in [5.74, 6) is -3.25. The van der Waals surface area contributed by atoms with E-state index in [1.54, 1.807) is 13.8 Å². The number of carbonyl (C=O) groups is 2. The Labute approximate surface area is 304 Å². The monoisotopic (exact) mass is 746 g/mol. The van der Waals surface area contributed by atoms with Gasteiger partial charge in [0.25, 0.3) is 0 Å². The van der Waals surface area contributed by atoms with Gasteiger partial charge in [-0.2, -0.15) is 0 Å². The maximum atomic E-state index is 12.8. The van der Waals surface area contributed by atoms with Gasteiger partial charge < -0.3 is 34.1 Å². The van der Waals surface area contributed by atoms with Crippen LogP contribution in [0.25, 0.3) is 22.1 Å². The number of pyridine rings is 2. The number of aromatic nitrogens is 6. The quantitative estimate of drug-likeness (QED) is 0.144. The van der Waals surface area contributed by atoms with Crippen molar-refractivity contribution in [2.75, 3.05) is 20.3 Å². The van der Waals surface area contributed by atoms with E-state index in [9.17, 15) is 29.4 Å². The van der Waals surface area contributed by atoms with Crippen molar-refractivity contribution < 1.29 is 43.7 Å². The van der Waals surface area contributed by atoms with Crippen LogP contribution in [0.4, 0.5) is 0 Å². The van der Waals surface area contributed by atoms with E-state index in [0.29, 0.717) is 0 Å². The van der Waals surface area contributed by atoms with Crippen LogP contribution in [0, 0.1) is 0 Å². The smallest absolute Gasteiger partial charge is 0.347 e. The molecule has 0 aliphatic rings. The Kier molecular flexibility index (Phi) is 12.0. The van der Waals surface area contributed by atoms with E-state index in [1.165, 1.54) is 7.11 Å². The van der Waals surface area contributed by atoms with Crippen LogP contribution in [0.2, 0.25) is 5.15 Å². The molecule has 4 aromatic heterocycles. The molecule has 2 aromatic carbocycles. The summed E-state index contributed by atoms with van der Waals surface area (Å²) in [6.07, 6.45) is 2.28. The number of methoxy groups -OCH3 is 1. The summed E-state index contributed by atoms with van der Waals surface area (Å²) in [7, 11) is 1.34. The second kappa shape index (κ2) is 17.0. The van der Waals surface area contributed by atoms with Crippen LogP contribution in [0.3, 0.4) is 0 Å². The Hall–Kier alpha value is -6.75. The van der Waals surface area contributed by atoms with Gasteiger partial charge in [-0.3, -0.25) is 9.59 Å². The molecule has 0 amide bonds. The molecule has 17 nitrogen and oxygen atoms in total. The molecule has 2 N–H and O–H groups in total. The van der Waals surface area contributed by atoms with E-state index in [2.05, 4.69) is 19.9 Å². The zero-order valence-electron chi connectivity index (χ0n) is 28.4. The molecule has 0 unspecified atom stereocenters. The van der Waals surface area contributed by atoms with Crippen molar-refractivity contribution in [1.82, 2.24) is 29.4 Å². The van der Waals surface area contributed by atoms with E-state index in [0.717, 1.165) is 33.2 Å². The molecule has 274 valence electrons. The van der Waals surface area contributed by atoms with Gasteiger partial charge in [-0.1, -0.05) is 72.3 Å². The van der Waals surface area contributed by atoms with Crippen molar-refractivity contribution in [3.05, 3.63) is 121 Å². The average Bonchev–Trinajstić information content (AvgIpc) is 3.15. The number of aromatic hydroxyl groups is 2. The number of benzene rings is 2. The van der Waals surface area contributed by atoms with Crippen LogP contribution in [0.5, 0.6) is 17.4 Å². The van der Waals surface area contributed by atoms with Crippen molar-refractivity contribution in [1.29, 1.82) is 0 Å². The van der Waals surface area contributed by atoms with Crippen LogP contribution in [0.15, 0.2) is 82.9 Å². The van der Waals surface area contributed by atoms with Gasteiger partial charge in [0.05, 0.1) is 20.3 Å². The zero-order chi connectivity index (χ0) is 38.1. The number of fused-ring (bicyclic) bond motifs is 2. The summed E-state index contributed by atoms with van der Waals surface area (Å²) in [6.45, 7) is 3.29. The van der Waals surface area contributed by atoms with Gasteiger partial charge in [0.1, 0.15) is 47.5 Å². The molecule has 0 fully saturated rings. The largest absolute Gasteiger partial charge is 0.506 e. The molecule has 53 heavy (non-hydrogen) atoms. The SMILES string of the molecule is CCOC(=O)c1c(O)c2c(Cl)ncnc2n(OCc2ccccc2)c1=O.CCOC(=O)c1c(O)c2c(OC)ncnc2n(OCc2ccccc2)c1=O. The molecule has 0 saturated heterocycles. The van der Waals surface area contributed by atoms with Gasteiger partial charge in [0, 0.05) is 0 Å². The summed E-state index contributed by atoms with van der Waals surface area (Å²) in [6, 6.07) is 18.2. The van der Waals surface area contributed by atoms with Gasteiger partial charge in [-0.05, 0) is 25.0 Å². The highest BCUT2D eigenvalue weighted by molar-refractivity contribution is 6.34. The first-order valence-electron chi connectivity index (χ1n) is 15.8. The summed E-state index contributed by atoms with van der Waals surface area (Å²) in [5, 5.41) is 20.7. The summed E-state index contributed by atoms with van der Waals surface area (Å²) >= 11 is 6.02. The topological polar surface area (TPSA) is 216 Å². The lowest BCUT2D eigenvalue weighted by molar-refractivity contribution is 0.0498. The van der Waals surface area contributed by atoms with Crippen LogP contribution >= 0.6 is 11.6 Å². The van der Waals surface area contributed by atoms with E-state index >= 15 is 0 Å². The molecule has 6 aromatic rings. The number of carbonyl (C=O) groups excluding carboxylic acids is 2. The van der Waals surface area contributed by atoms with Crippen molar-refractivity contribution in [3.8, 4) is 17.4 Å². The molecule has 0 atom stereocenters. The molecular weight excluding hydrogens is 716 g/mol. The summed E-state index contributed by atoms with van der Waals surface area (Å²) in [4.78, 5) is 76.7. The standard InChI is InChI=1S/C18H17N3O6.C17H14ClN3O5/c1-3-26-18(24)13-14(22)12-15(19-10-20-16(12)25-2)21(17(13)23)27-9-11-7-5-4-6-8-11;1-2-25-17(24)12-13(22)11-14(18)19-9-20-15(11)21(16(12)23)26-8-10-6-4-3-5-7-10/h4-8,10,22H,3,9H2,1-2H3;3-7,9,22H,2,8H2,1H3. The fourth-order valence-electron chi connectivity index (χ4n) is 4.88. The second-order valence-electron chi connectivity index (χ2n) is 10.5. The third-order valence-electron chi connectivity index (χ3n) is 7.26. The van der Waals surface area contributed by atoms with Crippen molar-refractivity contribution >= 4 is 45.6 Å². The maximum absolute atomic E-state index is 12.8. The number of ether oxygens (including phenoxy) is 3. The Morgan fingerprint density at radius 1 is 0.679 bits per heavy atom. The molecule has 4 heterocycles. The van der Waals surface area contributed by atoms with Crippen molar-refractivity contribution in [2.45, 2.75) is 27.1 Å². The Morgan fingerprint density at radius 2 is 1.11 bits per heavy atom. The maximum Gasteiger partial charge on any atom is 0.347 e. The summed E-state index contributed by atoms with van der Waals surface area (Å²) in [5.41, 5.74) is -1.48. The Bertz CT molecular complexity index is 2390. The fraction of sp³-hybridized carbons (Fsp3) is 0.200. The van der Waals surface area contributed by atoms with E-state index in [4.69, 9.17) is 35.5 Å². The predicted molar refractivity (Wildman–Crippen MR) is 188 cm³/mol. The van der Waals surface area contributed by atoms with Crippen molar-refractivity contribution in [2.24, 2.45) is 0 Å². The minimum atomic E-state index is -0.992. The van der Waals surface area contributed by atoms with E-state index < -0.39 is 45.7 Å². The van der Waals surface area contributed by atoms with Crippen molar-refractivity contribution in [3.63, 3.8) is 0 Å². The third-order valence-corrected chi connectivity index (χ3v) is 7.55. The van der Waals surface area contributed by atoms with E-state index in [1.807, 2.05) is 60.7 Å². The molecule has 0 radical (unpaired) electrons. The molecule has 18 heteroatoms. The molecule has 0 spiro atoms. The Balaban J connectivity index is 0.000000204. The lowest BCUT2D eigenvalue weighted by atomic mass is 10.2. The van der Waals surface area contributed by atoms with Crippen LogP contribution in [-0.2, 0) is 22.7 Å². The van der Waals surface area contributed by atoms with Gasteiger partial charge in [0.15, 0.2) is 28.2 Å². The number of hydrogen-bond donors (Lipinski definition) is 2. The first-order valence-corrected chi connectivity index (χ1v) is 16.1. The van der Waals surface area contributed by atoms with Gasteiger partial charge in [-0.15, -0.1) is 9.46 Å². The molecule has 0 bridgehead atoms. The highest BCUT2D eigenvalue weighted by atomic mass is 35.5. The zero-order valence-corrected chi connectivity index (χ0v) is 29.1. The number of nitrogens with zero attached hydrogens (tertiary/aromatic N) is 6. The van der Waals surface area contributed by atoms with Gasteiger partial charge >= 0.3 is 23.1 Å². The first kappa shape index (κ1) is 37.5. The predicted octanol–water partition coefficient (Wildman–Crippen LogP) is 3.27. The fourth-order valence-corrected chi connectivity index (χ4v) is 5.10. The third kappa shape index (κ3) is 7.94. The van der Waals surface area contributed by atoms with E-state index in [-0.39, 0.29) is 59.5 Å².